The highest BCUT2D eigenvalue weighted by atomic mass is 32.2. The summed E-state index contributed by atoms with van der Waals surface area (Å²) in [7, 11) is -1.44. The predicted molar refractivity (Wildman–Crippen MR) is 114 cm³/mol. The van der Waals surface area contributed by atoms with E-state index in [1.165, 1.54) is 16.8 Å². The Morgan fingerprint density at radius 3 is 2.55 bits per heavy atom. The van der Waals surface area contributed by atoms with Gasteiger partial charge in [-0.25, -0.2) is 8.42 Å². The first-order valence-electron chi connectivity index (χ1n) is 9.16. The van der Waals surface area contributed by atoms with Crippen LogP contribution in [0.1, 0.15) is 4.88 Å². The molecule has 29 heavy (non-hydrogen) atoms. The van der Waals surface area contributed by atoms with Crippen LogP contribution in [0.3, 0.4) is 0 Å². The molecule has 0 atom stereocenters. The molecule has 1 N–H and O–H groups in total. The standard InChI is InChI=1S/C19H22N4O4S2/c1-21-12-17(13-7-14(24)10-20-9-13)18-16(19(21)25)8-15(28-18)11-22-3-5-23(6-4-22)29(2,26)27/h7-10,12,24H,3-6,11H2,1-2H3. The Morgan fingerprint density at radius 1 is 1.17 bits per heavy atom. The van der Waals surface area contributed by atoms with Gasteiger partial charge in [0.2, 0.25) is 10.0 Å². The summed E-state index contributed by atoms with van der Waals surface area (Å²) >= 11 is 1.55. The topological polar surface area (TPSA) is 95.7 Å². The molecule has 10 heteroatoms. The van der Waals surface area contributed by atoms with Gasteiger partial charge in [-0.05, 0) is 12.1 Å². The molecular weight excluding hydrogens is 412 g/mol. The fourth-order valence-electron chi connectivity index (χ4n) is 3.60. The monoisotopic (exact) mass is 434 g/mol. The third-order valence-corrected chi connectivity index (χ3v) is 7.57. The average molecular weight is 435 g/mol. The number of aromatic hydroxyl groups is 1. The van der Waals surface area contributed by atoms with E-state index in [2.05, 4.69) is 9.88 Å². The molecule has 1 saturated heterocycles. The van der Waals surface area contributed by atoms with E-state index >= 15 is 0 Å². The lowest BCUT2D eigenvalue weighted by Gasteiger charge is -2.32. The Morgan fingerprint density at radius 2 is 1.90 bits per heavy atom. The molecule has 4 rings (SSSR count). The molecule has 3 aromatic heterocycles. The van der Waals surface area contributed by atoms with Crippen molar-refractivity contribution in [2.45, 2.75) is 6.54 Å². The van der Waals surface area contributed by atoms with E-state index in [0.717, 1.165) is 20.7 Å². The van der Waals surface area contributed by atoms with E-state index in [1.54, 1.807) is 41.4 Å². The van der Waals surface area contributed by atoms with Gasteiger partial charge in [0, 0.05) is 72.9 Å². The number of thiophene rings is 1. The molecule has 1 aliphatic rings. The first-order valence-corrected chi connectivity index (χ1v) is 11.8. The van der Waals surface area contributed by atoms with Crippen molar-refractivity contribution in [3.8, 4) is 16.9 Å². The Bertz CT molecular complexity index is 1220. The minimum atomic E-state index is -3.15. The Balaban J connectivity index is 1.65. The second-order valence-electron chi connectivity index (χ2n) is 7.28. The maximum Gasteiger partial charge on any atom is 0.259 e. The smallest absolute Gasteiger partial charge is 0.259 e. The molecule has 1 aliphatic heterocycles. The van der Waals surface area contributed by atoms with E-state index < -0.39 is 10.0 Å². The van der Waals surface area contributed by atoms with E-state index in [1.807, 2.05) is 6.07 Å². The second-order valence-corrected chi connectivity index (χ2v) is 10.4. The van der Waals surface area contributed by atoms with Gasteiger partial charge < -0.3 is 9.67 Å². The fraction of sp³-hybridized carbons (Fsp3) is 0.368. The van der Waals surface area contributed by atoms with Crippen LogP contribution in [0, 0.1) is 0 Å². The van der Waals surface area contributed by atoms with E-state index in [-0.39, 0.29) is 11.3 Å². The number of piperazine rings is 1. The van der Waals surface area contributed by atoms with E-state index in [0.29, 0.717) is 38.1 Å². The van der Waals surface area contributed by atoms with Crippen molar-refractivity contribution in [3.63, 3.8) is 0 Å². The van der Waals surface area contributed by atoms with Crippen LogP contribution in [-0.4, -0.2) is 64.7 Å². The lowest BCUT2D eigenvalue weighted by atomic mass is 10.1. The van der Waals surface area contributed by atoms with Crippen LogP contribution in [0.15, 0.2) is 35.5 Å². The number of aromatic nitrogens is 2. The van der Waals surface area contributed by atoms with Gasteiger partial charge in [0.15, 0.2) is 0 Å². The molecule has 1 fully saturated rings. The van der Waals surface area contributed by atoms with Gasteiger partial charge in [-0.3, -0.25) is 14.7 Å². The number of pyridine rings is 2. The summed E-state index contributed by atoms with van der Waals surface area (Å²) in [5.74, 6) is 0.0741. The van der Waals surface area contributed by atoms with Gasteiger partial charge in [0.25, 0.3) is 5.56 Å². The first kappa shape index (κ1) is 20.0. The zero-order valence-corrected chi connectivity index (χ0v) is 17.8. The van der Waals surface area contributed by atoms with Gasteiger partial charge in [0.05, 0.1) is 17.8 Å². The highest BCUT2D eigenvalue weighted by molar-refractivity contribution is 7.88. The maximum absolute atomic E-state index is 12.7. The molecule has 154 valence electrons. The quantitative estimate of drug-likeness (QED) is 0.668. The minimum absolute atomic E-state index is 0.0683. The Labute approximate surface area is 172 Å². The molecule has 4 heterocycles. The molecule has 0 bridgehead atoms. The van der Waals surface area contributed by atoms with Crippen molar-refractivity contribution >= 4 is 31.4 Å². The van der Waals surface area contributed by atoms with Gasteiger partial charge in [-0.2, -0.15) is 4.31 Å². The molecule has 0 aromatic carbocycles. The number of sulfonamides is 1. The third-order valence-electron chi connectivity index (χ3n) is 5.12. The molecule has 0 unspecified atom stereocenters. The van der Waals surface area contributed by atoms with Crippen LogP contribution in [0.25, 0.3) is 21.2 Å². The molecule has 3 aromatic rings. The third kappa shape index (κ3) is 4.06. The van der Waals surface area contributed by atoms with Crippen LogP contribution in [0.2, 0.25) is 0 Å². The number of hydrogen-bond acceptors (Lipinski definition) is 7. The number of hydrogen-bond donors (Lipinski definition) is 1. The van der Waals surface area contributed by atoms with Crippen molar-refractivity contribution in [1.29, 1.82) is 0 Å². The summed E-state index contributed by atoms with van der Waals surface area (Å²) in [6, 6.07) is 3.56. The van der Waals surface area contributed by atoms with Crippen LogP contribution in [0.4, 0.5) is 0 Å². The second kappa shape index (κ2) is 7.52. The minimum Gasteiger partial charge on any atom is -0.506 e. The largest absolute Gasteiger partial charge is 0.506 e. The number of rotatable bonds is 4. The average Bonchev–Trinajstić information content (AvgIpc) is 3.08. The molecule has 0 spiro atoms. The predicted octanol–water partition coefficient (Wildman–Crippen LogP) is 1.44. The Hall–Kier alpha value is -2.27. The maximum atomic E-state index is 12.7. The summed E-state index contributed by atoms with van der Waals surface area (Å²) in [5.41, 5.74) is 1.53. The molecule has 0 saturated carbocycles. The number of aryl methyl sites for hydroxylation is 1. The van der Waals surface area contributed by atoms with Crippen molar-refractivity contribution in [3.05, 3.63) is 46.0 Å². The molecule has 0 radical (unpaired) electrons. The molecule has 0 aliphatic carbocycles. The number of nitrogens with zero attached hydrogens (tertiary/aromatic N) is 4. The van der Waals surface area contributed by atoms with Crippen LogP contribution < -0.4 is 5.56 Å². The summed E-state index contributed by atoms with van der Waals surface area (Å²) in [4.78, 5) is 20.0. The van der Waals surface area contributed by atoms with Gasteiger partial charge in [-0.15, -0.1) is 11.3 Å². The SMILES string of the molecule is Cn1cc(-c2cncc(O)c2)c2sc(CN3CCN(S(C)(=O)=O)CC3)cc2c1=O. The fourth-order valence-corrected chi connectivity index (χ4v) is 5.65. The Kier molecular flexibility index (Phi) is 5.19. The molecule has 0 amide bonds. The normalized spacial score (nSPS) is 16.5. The van der Waals surface area contributed by atoms with Crippen molar-refractivity contribution in [1.82, 2.24) is 18.8 Å². The van der Waals surface area contributed by atoms with Crippen LogP contribution >= 0.6 is 11.3 Å². The highest BCUT2D eigenvalue weighted by Crippen LogP contribution is 2.34. The van der Waals surface area contributed by atoms with Gasteiger partial charge >= 0.3 is 0 Å². The van der Waals surface area contributed by atoms with Crippen LogP contribution in [-0.2, 0) is 23.6 Å². The zero-order valence-electron chi connectivity index (χ0n) is 16.2. The van der Waals surface area contributed by atoms with E-state index in [4.69, 9.17) is 0 Å². The summed E-state index contributed by atoms with van der Waals surface area (Å²) in [5, 5.41) is 10.4. The van der Waals surface area contributed by atoms with Crippen LogP contribution in [0.5, 0.6) is 5.75 Å². The lowest BCUT2D eigenvalue weighted by Crippen LogP contribution is -2.47. The molecule has 8 nitrogen and oxygen atoms in total. The summed E-state index contributed by atoms with van der Waals surface area (Å²) in [6.07, 6.45) is 6.05. The lowest BCUT2D eigenvalue weighted by molar-refractivity contribution is 0.183. The first-order chi connectivity index (χ1) is 13.7. The van der Waals surface area contributed by atoms with E-state index in [9.17, 15) is 18.3 Å². The summed E-state index contributed by atoms with van der Waals surface area (Å²) < 4.78 is 27.3. The zero-order chi connectivity index (χ0) is 20.8. The molecular formula is C19H22N4O4S2. The van der Waals surface area contributed by atoms with Gasteiger partial charge in [-0.1, -0.05) is 0 Å². The van der Waals surface area contributed by atoms with Crippen molar-refractivity contribution < 1.29 is 13.5 Å². The van der Waals surface area contributed by atoms with Crippen molar-refractivity contribution in [2.75, 3.05) is 32.4 Å². The number of fused-ring (bicyclic) bond motifs is 1. The highest BCUT2D eigenvalue weighted by Gasteiger charge is 2.24. The summed E-state index contributed by atoms with van der Waals surface area (Å²) in [6.45, 7) is 2.93. The van der Waals surface area contributed by atoms with Gasteiger partial charge in [0.1, 0.15) is 5.75 Å². The van der Waals surface area contributed by atoms with Crippen molar-refractivity contribution in [2.24, 2.45) is 7.05 Å².